The van der Waals surface area contributed by atoms with Crippen LogP contribution in [-0.4, -0.2) is 15.6 Å². The Bertz CT molecular complexity index is 478. The minimum Gasteiger partial charge on any atom is -0.330 e. The highest BCUT2D eigenvalue weighted by atomic mass is 79.9. The molecule has 0 aliphatic heterocycles. The monoisotopic (exact) mass is 313 g/mol. The van der Waals surface area contributed by atoms with Crippen molar-refractivity contribution in [2.45, 2.75) is 32.4 Å². The van der Waals surface area contributed by atoms with Gasteiger partial charge in [0.05, 0.1) is 6.54 Å². The van der Waals surface area contributed by atoms with E-state index in [2.05, 4.69) is 43.9 Å². The molecular formula is C12H16BrN3S. The molecule has 92 valence electrons. The van der Waals surface area contributed by atoms with Crippen molar-refractivity contribution in [3.63, 3.8) is 0 Å². The van der Waals surface area contributed by atoms with Gasteiger partial charge in [0, 0.05) is 39.6 Å². The van der Waals surface area contributed by atoms with Gasteiger partial charge in [-0.05, 0) is 28.4 Å². The Labute approximate surface area is 114 Å². The van der Waals surface area contributed by atoms with Gasteiger partial charge < -0.3 is 10.3 Å². The summed E-state index contributed by atoms with van der Waals surface area (Å²) >= 11 is 5.23. The van der Waals surface area contributed by atoms with Crippen molar-refractivity contribution in [1.29, 1.82) is 0 Å². The molecule has 17 heavy (non-hydrogen) atoms. The van der Waals surface area contributed by atoms with Crippen molar-refractivity contribution >= 4 is 27.3 Å². The number of aromatic nitrogens is 2. The third-order valence-corrected chi connectivity index (χ3v) is 4.40. The molecule has 0 spiro atoms. The van der Waals surface area contributed by atoms with Gasteiger partial charge in [0.2, 0.25) is 0 Å². The zero-order valence-corrected chi connectivity index (χ0v) is 12.2. The molecule has 0 radical (unpaired) electrons. The Morgan fingerprint density at radius 2 is 2.41 bits per heavy atom. The molecule has 0 saturated heterocycles. The second-order valence-electron chi connectivity index (χ2n) is 4.08. The molecule has 1 unspecified atom stereocenters. The van der Waals surface area contributed by atoms with Crippen LogP contribution in [0.5, 0.6) is 0 Å². The minimum atomic E-state index is 0.200. The molecule has 0 amide bonds. The lowest BCUT2D eigenvalue weighted by Crippen LogP contribution is -2.23. The van der Waals surface area contributed by atoms with Gasteiger partial charge in [0.15, 0.2) is 0 Å². The van der Waals surface area contributed by atoms with E-state index in [-0.39, 0.29) is 6.04 Å². The van der Waals surface area contributed by atoms with E-state index in [0.29, 0.717) is 0 Å². The van der Waals surface area contributed by atoms with E-state index in [9.17, 15) is 0 Å². The highest BCUT2D eigenvalue weighted by molar-refractivity contribution is 9.10. The minimum absolute atomic E-state index is 0.200. The van der Waals surface area contributed by atoms with E-state index < -0.39 is 0 Å². The third-order valence-electron chi connectivity index (χ3n) is 2.72. The molecule has 5 heteroatoms. The summed E-state index contributed by atoms with van der Waals surface area (Å²) in [7, 11) is 0. The van der Waals surface area contributed by atoms with E-state index in [1.165, 1.54) is 4.88 Å². The molecule has 2 aromatic rings. The molecule has 2 rings (SSSR count). The zero-order valence-electron chi connectivity index (χ0n) is 9.77. The second kappa shape index (κ2) is 5.80. The lowest BCUT2D eigenvalue weighted by molar-refractivity contribution is 0.598. The van der Waals surface area contributed by atoms with Gasteiger partial charge in [-0.2, -0.15) is 0 Å². The van der Waals surface area contributed by atoms with Crippen LogP contribution in [0.2, 0.25) is 0 Å². The van der Waals surface area contributed by atoms with Crippen molar-refractivity contribution in [1.82, 2.24) is 9.55 Å². The summed E-state index contributed by atoms with van der Waals surface area (Å²) in [5, 5.41) is 2.10. The zero-order chi connectivity index (χ0) is 12.3. The Kier molecular flexibility index (Phi) is 4.36. The van der Waals surface area contributed by atoms with E-state index in [1.54, 1.807) is 11.3 Å². The summed E-state index contributed by atoms with van der Waals surface area (Å²) in [6, 6.07) is 2.35. The van der Waals surface area contributed by atoms with E-state index in [0.717, 1.165) is 29.7 Å². The van der Waals surface area contributed by atoms with Crippen molar-refractivity contribution < 1.29 is 0 Å². The normalized spacial score (nSPS) is 12.9. The smallest absolute Gasteiger partial charge is 0.110 e. The molecule has 2 N–H and O–H groups in total. The number of rotatable bonds is 5. The van der Waals surface area contributed by atoms with Crippen molar-refractivity contribution in [2.24, 2.45) is 5.73 Å². The molecule has 0 bridgehead atoms. The van der Waals surface area contributed by atoms with Gasteiger partial charge in [-0.3, -0.25) is 0 Å². The number of nitrogens with zero attached hydrogens (tertiary/aromatic N) is 2. The first kappa shape index (κ1) is 12.8. The van der Waals surface area contributed by atoms with Gasteiger partial charge in [-0.15, -0.1) is 11.3 Å². The average Bonchev–Trinajstić information content (AvgIpc) is 2.89. The predicted octanol–water partition coefficient (Wildman–Crippen LogP) is 3.04. The molecule has 0 aromatic carbocycles. The topological polar surface area (TPSA) is 43.8 Å². The van der Waals surface area contributed by atoms with Crippen molar-refractivity contribution in [3.8, 4) is 0 Å². The Balaban J connectivity index is 2.08. The van der Waals surface area contributed by atoms with Gasteiger partial charge >= 0.3 is 0 Å². The number of nitrogens with two attached hydrogens (primary N) is 1. The standard InChI is InChI=1S/C12H16BrN3S/c1-2-10(14)6-12-15-3-4-16(12)7-11-5-9(13)8-17-11/h3-5,8,10H,2,6-7,14H2,1H3. The van der Waals surface area contributed by atoms with Crippen LogP contribution in [0.1, 0.15) is 24.0 Å². The third kappa shape index (κ3) is 3.40. The fourth-order valence-electron chi connectivity index (χ4n) is 1.66. The van der Waals surface area contributed by atoms with Gasteiger partial charge in [0.1, 0.15) is 5.82 Å². The van der Waals surface area contributed by atoms with Gasteiger partial charge in [0.25, 0.3) is 0 Å². The lowest BCUT2D eigenvalue weighted by Gasteiger charge is -2.10. The van der Waals surface area contributed by atoms with E-state index in [1.807, 2.05) is 12.4 Å². The van der Waals surface area contributed by atoms with Gasteiger partial charge in [-0.1, -0.05) is 6.92 Å². The first-order chi connectivity index (χ1) is 8.19. The summed E-state index contributed by atoms with van der Waals surface area (Å²) < 4.78 is 3.32. The summed E-state index contributed by atoms with van der Waals surface area (Å²) in [6.07, 6.45) is 5.69. The Morgan fingerprint density at radius 3 is 3.06 bits per heavy atom. The fraction of sp³-hybridized carbons (Fsp3) is 0.417. The number of hydrogen-bond acceptors (Lipinski definition) is 3. The number of halogens is 1. The summed E-state index contributed by atoms with van der Waals surface area (Å²) in [4.78, 5) is 5.70. The van der Waals surface area contributed by atoms with Crippen molar-refractivity contribution in [2.75, 3.05) is 0 Å². The number of thiophene rings is 1. The molecular weight excluding hydrogens is 298 g/mol. The van der Waals surface area contributed by atoms with Crippen LogP contribution in [0.4, 0.5) is 0 Å². The maximum atomic E-state index is 5.97. The Morgan fingerprint density at radius 1 is 1.59 bits per heavy atom. The summed E-state index contributed by atoms with van der Waals surface area (Å²) in [5.41, 5.74) is 5.97. The molecule has 1 atom stereocenters. The van der Waals surface area contributed by atoms with Crippen LogP contribution >= 0.6 is 27.3 Å². The maximum Gasteiger partial charge on any atom is 0.110 e. The molecule has 0 aliphatic carbocycles. The van der Waals surface area contributed by atoms with Crippen LogP contribution in [0, 0.1) is 0 Å². The summed E-state index contributed by atoms with van der Waals surface area (Å²) in [6.45, 7) is 2.98. The van der Waals surface area contributed by atoms with Crippen LogP contribution in [0.15, 0.2) is 28.3 Å². The molecule has 0 saturated carbocycles. The van der Waals surface area contributed by atoms with E-state index in [4.69, 9.17) is 5.73 Å². The number of imidazole rings is 1. The lowest BCUT2D eigenvalue weighted by atomic mass is 10.1. The van der Waals surface area contributed by atoms with Crippen LogP contribution in [-0.2, 0) is 13.0 Å². The largest absolute Gasteiger partial charge is 0.330 e. The number of hydrogen-bond donors (Lipinski definition) is 1. The Hall–Kier alpha value is -0.650. The highest BCUT2D eigenvalue weighted by Crippen LogP contribution is 2.21. The maximum absolute atomic E-state index is 5.97. The average molecular weight is 314 g/mol. The SMILES string of the molecule is CCC(N)Cc1nccn1Cc1cc(Br)cs1. The molecule has 0 aliphatic rings. The predicted molar refractivity (Wildman–Crippen MR) is 75.3 cm³/mol. The van der Waals surface area contributed by atoms with Crippen molar-refractivity contribution in [3.05, 3.63) is 39.0 Å². The van der Waals surface area contributed by atoms with Crippen LogP contribution in [0.3, 0.4) is 0 Å². The fourth-order valence-corrected chi connectivity index (χ4v) is 3.11. The quantitative estimate of drug-likeness (QED) is 0.922. The second-order valence-corrected chi connectivity index (χ2v) is 5.99. The highest BCUT2D eigenvalue weighted by Gasteiger charge is 2.08. The molecule has 3 nitrogen and oxygen atoms in total. The molecule has 2 aromatic heterocycles. The van der Waals surface area contributed by atoms with Gasteiger partial charge in [-0.25, -0.2) is 4.98 Å². The molecule has 0 fully saturated rings. The first-order valence-electron chi connectivity index (χ1n) is 5.67. The summed E-state index contributed by atoms with van der Waals surface area (Å²) in [5.74, 6) is 1.07. The van der Waals surface area contributed by atoms with E-state index >= 15 is 0 Å². The van der Waals surface area contributed by atoms with Crippen LogP contribution < -0.4 is 5.73 Å². The first-order valence-corrected chi connectivity index (χ1v) is 7.34. The molecule has 2 heterocycles. The van der Waals surface area contributed by atoms with Crippen LogP contribution in [0.25, 0.3) is 0 Å².